The zero-order valence-corrected chi connectivity index (χ0v) is 11.3. The summed E-state index contributed by atoms with van der Waals surface area (Å²) < 4.78 is 0. The lowest BCUT2D eigenvalue weighted by Crippen LogP contribution is -2.45. The molecule has 0 saturated carbocycles. The molecule has 1 amide bonds. The first-order valence-corrected chi connectivity index (χ1v) is 6.35. The third-order valence-corrected chi connectivity index (χ3v) is 2.84. The number of carbonyl (C=O) groups excluding carboxylic acids is 1. The van der Waals surface area contributed by atoms with Gasteiger partial charge in [-0.1, -0.05) is 32.0 Å². The molecular weight excluding hydrogens is 226 g/mol. The molecule has 18 heavy (non-hydrogen) atoms. The molecular formula is C14H23N3O. The van der Waals surface area contributed by atoms with E-state index in [4.69, 9.17) is 5.73 Å². The maximum atomic E-state index is 11.5. The fourth-order valence-corrected chi connectivity index (χ4v) is 1.57. The molecule has 2 unspecified atom stereocenters. The lowest BCUT2D eigenvalue weighted by atomic mass is 10.0. The van der Waals surface area contributed by atoms with Gasteiger partial charge in [-0.2, -0.15) is 0 Å². The van der Waals surface area contributed by atoms with Gasteiger partial charge in [-0.3, -0.25) is 4.79 Å². The standard InChI is InChI=1S/C14H23N3O/c1-10(2)13(9-16-14(18)11(3)15)17-12-7-5-4-6-8-12/h4-8,10-11,13,17H,9,15H2,1-3H3,(H,16,18). The number of benzene rings is 1. The lowest BCUT2D eigenvalue weighted by molar-refractivity contribution is -0.122. The van der Waals surface area contributed by atoms with Crippen molar-refractivity contribution in [2.24, 2.45) is 11.7 Å². The maximum Gasteiger partial charge on any atom is 0.236 e. The largest absolute Gasteiger partial charge is 0.380 e. The molecule has 0 aliphatic carbocycles. The summed E-state index contributed by atoms with van der Waals surface area (Å²) in [6.45, 7) is 6.51. The Kier molecular flexibility index (Phi) is 5.65. The molecule has 100 valence electrons. The highest BCUT2D eigenvalue weighted by molar-refractivity contribution is 5.81. The van der Waals surface area contributed by atoms with Gasteiger partial charge in [0.05, 0.1) is 6.04 Å². The number of anilines is 1. The molecule has 0 aromatic heterocycles. The zero-order chi connectivity index (χ0) is 13.5. The first-order chi connectivity index (χ1) is 8.50. The minimum atomic E-state index is -0.463. The zero-order valence-electron chi connectivity index (χ0n) is 11.3. The molecule has 0 aliphatic rings. The van der Waals surface area contributed by atoms with E-state index in [0.29, 0.717) is 12.5 Å². The molecule has 0 heterocycles. The van der Waals surface area contributed by atoms with E-state index < -0.39 is 6.04 Å². The van der Waals surface area contributed by atoms with E-state index in [9.17, 15) is 4.79 Å². The first kappa shape index (κ1) is 14.5. The van der Waals surface area contributed by atoms with Crippen molar-refractivity contribution in [3.63, 3.8) is 0 Å². The Morgan fingerprint density at radius 1 is 1.22 bits per heavy atom. The maximum absolute atomic E-state index is 11.5. The third kappa shape index (κ3) is 4.75. The van der Waals surface area contributed by atoms with E-state index in [2.05, 4.69) is 24.5 Å². The summed E-state index contributed by atoms with van der Waals surface area (Å²) in [5, 5.41) is 6.27. The Balaban J connectivity index is 2.53. The van der Waals surface area contributed by atoms with Crippen LogP contribution in [0.15, 0.2) is 30.3 Å². The van der Waals surface area contributed by atoms with E-state index in [0.717, 1.165) is 5.69 Å². The van der Waals surface area contributed by atoms with Crippen molar-refractivity contribution < 1.29 is 4.79 Å². The Hall–Kier alpha value is -1.55. The summed E-state index contributed by atoms with van der Waals surface area (Å²) in [5.41, 5.74) is 6.58. The molecule has 0 saturated heterocycles. The highest BCUT2D eigenvalue weighted by Crippen LogP contribution is 2.11. The summed E-state index contributed by atoms with van der Waals surface area (Å²) in [4.78, 5) is 11.5. The van der Waals surface area contributed by atoms with Crippen molar-refractivity contribution in [2.45, 2.75) is 32.9 Å². The smallest absolute Gasteiger partial charge is 0.236 e. The minimum absolute atomic E-state index is 0.115. The summed E-state index contributed by atoms with van der Waals surface area (Å²) in [6, 6.07) is 9.71. The van der Waals surface area contributed by atoms with Gasteiger partial charge in [0.25, 0.3) is 0 Å². The molecule has 0 aliphatic heterocycles. The van der Waals surface area contributed by atoms with Gasteiger partial charge in [-0.25, -0.2) is 0 Å². The van der Waals surface area contributed by atoms with E-state index in [1.54, 1.807) is 6.92 Å². The molecule has 0 spiro atoms. The molecule has 1 aromatic rings. The molecule has 1 rings (SSSR count). The molecule has 0 bridgehead atoms. The van der Waals surface area contributed by atoms with Crippen LogP contribution in [0.25, 0.3) is 0 Å². The van der Waals surface area contributed by atoms with Gasteiger partial charge in [0.1, 0.15) is 0 Å². The molecule has 0 fully saturated rings. The van der Waals surface area contributed by atoms with Crippen LogP contribution < -0.4 is 16.4 Å². The second kappa shape index (κ2) is 7.01. The van der Waals surface area contributed by atoms with E-state index in [-0.39, 0.29) is 11.9 Å². The van der Waals surface area contributed by atoms with Gasteiger partial charge in [0, 0.05) is 18.3 Å². The van der Waals surface area contributed by atoms with E-state index in [1.165, 1.54) is 0 Å². The van der Waals surface area contributed by atoms with Gasteiger partial charge < -0.3 is 16.4 Å². The van der Waals surface area contributed by atoms with Crippen LogP contribution in [0.4, 0.5) is 5.69 Å². The van der Waals surface area contributed by atoms with Crippen molar-refractivity contribution in [3.8, 4) is 0 Å². The topological polar surface area (TPSA) is 67.2 Å². The second-order valence-electron chi connectivity index (χ2n) is 4.89. The number of rotatable bonds is 6. The van der Waals surface area contributed by atoms with Gasteiger partial charge in [-0.05, 0) is 25.0 Å². The Bertz CT molecular complexity index is 363. The summed E-state index contributed by atoms with van der Waals surface area (Å²) >= 11 is 0. The minimum Gasteiger partial charge on any atom is -0.380 e. The molecule has 2 atom stereocenters. The number of nitrogens with one attached hydrogen (secondary N) is 2. The number of para-hydroxylation sites is 1. The van der Waals surface area contributed by atoms with Crippen molar-refractivity contribution in [1.82, 2.24) is 5.32 Å². The molecule has 4 N–H and O–H groups in total. The number of hydrogen-bond acceptors (Lipinski definition) is 3. The number of carbonyl (C=O) groups is 1. The van der Waals surface area contributed by atoms with Gasteiger partial charge in [-0.15, -0.1) is 0 Å². The molecule has 4 nitrogen and oxygen atoms in total. The highest BCUT2D eigenvalue weighted by atomic mass is 16.2. The van der Waals surface area contributed by atoms with Crippen LogP contribution in [0.2, 0.25) is 0 Å². The SMILES string of the molecule is CC(N)C(=O)NCC(Nc1ccccc1)C(C)C. The highest BCUT2D eigenvalue weighted by Gasteiger charge is 2.15. The summed E-state index contributed by atoms with van der Waals surface area (Å²) in [7, 11) is 0. The monoisotopic (exact) mass is 249 g/mol. The normalized spacial score (nSPS) is 14.1. The van der Waals surface area contributed by atoms with Crippen LogP contribution in [-0.4, -0.2) is 24.5 Å². The van der Waals surface area contributed by atoms with Crippen LogP contribution in [0, 0.1) is 5.92 Å². The van der Waals surface area contributed by atoms with Crippen LogP contribution in [-0.2, 0) is 4.79 Å². The molecule has 4 heteroatoms. The quantitative estimate of drug-likeness (QED) is 0.717. The van der Waals surface area contributed by atoms with Crippen LogP contribution in [0.3, 0.4) is 0 Å². The van der Waals surface area contributed by atoms with Crippen LogP contribution in [0.5, 0.6) is 0 Å². The third-order valence-electron chi connectivity index (χ3n) is 2.84. The molecule has 1 aromatic carbocycles. The summed E-state index contributed by atoms with van der Waals surface area (Å²) in [6.07, 6.45) is 0. The predicted molar refractivity (Wildman–Crippen MR) is 75.3 cm³/mol. The number of nitrogens with two attached hydrogens (primary N) is 1. The second-order valence-corrected chi connectivity index (χ2v) is 4.89. The first-order valence-electron chi connectivity index (χ1n) is 6.35. The van der Waals surface area contributed by atoms with Crippen LogP contribution >= 0.6 is 0 Å². The fraction of sp³-hybridized carbons (Fsp3) is 0.500. The van der Waals surface area contributed by atoms with Gasteiger partial charge in [0.2, 0.25) is 5.91 Å². The summed E-state index contributed by atoms with van der Waals surface area (Å²) in [5.74, 6) is 0.300. The van der Waals surface area contributed by atoms with E-state index >= 15 is 0 Å². The van der Waals surface area contributed by atoms with E-state index in [1.807, 2.05) is 30.3 Å². The lowest BCUT2D eigenvalue weighted by Gasteiger charge is -2.24. The van der Waals surface area contributed by atoms with Crippen molar-refractivity contribution in [3.05, 3.63) is 30.3 Å². The Morgan fingerprint density at radius 2 is 1.83 bits per heavy atom. The fourth-order valence-electron chi connectivity index (χ4n) is 1.57. The van der Waals surface area contributed by atoms with Gasteiger partial charge >= 0.3 is 0 Å². The average molecular weight is 249 g/mol. The van der Waals surface area contributed by atoms with Gasteiger partial charge in [0.15, 0.2) is 0 Å². The van der Waals surface area contributed by atoms with Crippen molar-refractivity contribution in [2.75, 3.05) is 11.9 Å². The number of amides is 1. The number of hydrogen-bond donors (Lipinski definition) is 3. The Morgan fingerprint density at radius 3 is 2.33 bits per heavy atom. The predicted octanol–water partition coefficient (Wildman–Crippen LogP) is 1.59. The van der Waals surface area contributed by atoms with Crippen molar-refractivity contribution in [1.29, 1.82) is 0 Å². The van der Waals surface area contributed by atoms with Crippen molar-refractivity contribution >= 4 is 11.6 Å². The Labute approximate surface area is 109 Å². The molecule has 0 radical (unpaired) electrons. The average Bonchev–Trinajstić information content (AvgIpc) is 2.34. The van der Waals surface area contributed by atoms with Crippen LogP contribution in [0.1, 0.15) is 20.8 Å².